The van der Waals surface area contributed by atoms with Gasteiger partial charge in [-0.25, -0.2) is 0 Å². The SMILES string of the molecule is O=C1CCC(N2Cc3cc(CNC(=O)C4=Cc5cc(OC(F)(F)F)ccc5OC4)ccc3C2=O)C(=O)N1. The number of piperidine rings is 1. The lowest BCUT2D eigenvalue weighted by atomic mass is 10.0. The minimum Gasteiger partial charge on any atom is -0.488 e. The molecular formula is C25H20F3N3O6. The first kappa shape index (κ1) is 24.3. The molecule has 0 aliphatic carbocycles. The van der Waals surface area contributed by atoms with Crippen molar-refractivity contribution >= 4 is 29.7 Å². The van der Waals surface area contributed by atoms with Crippen LogP contribution in [0.3, 0.4) is 0 Å². The summed E-state index contributed by atoms with van der Waals surface area (Å²) in [4.78, 5) is 50.6. The number of hydrogen-bond acceptors (Lipinski definition) is 6. The van der Waals surface area contributed by atoms with Gasteiger partial charge in [-0.15, -0.1) is 13.2 Å². The first-order valence-corrected chi connectivity index (χ1v) is 11.4. The summed E-state index contributed by atoms with van der Waals surface area (Å²) in [5, 5.41) is 5.00. The Morgan fingerprint density at radius 2 is 1.97 bits per heavy atom. The third-order valence-electron chi connectivity index (χ3n) is 6.26. The highest BCUT2D eigenvalue weighted by atomic mass is 19.4. The lowest BCUT2D eigenvalue weighted by molar-refractivity contribution is -0.274. The quantitative estimate of drug-likeness (QED) is 0.592. The van der Waals surface area contributed by atoms with Gasteiger partial charge in [0.1, 0.15) is 24.1 Å². The summed E-state index contributed by atoms with van der Waals surface area (Å²) < 4.78 is 46.9. The van der Waals surface area contributed by atoms with Gasteiger partial charge in [-0.1, -0.05) is 12.1 Å². The number of nitrogens with one attached hydrogen (secondary N) is 2. The van der Waals surface area contributed by atoms with E-state index in [0.717, 1.165) is 12.1 Å². The molecule has 0 spiro atoms. The van der Waals surface area contributed by atoms with E-state index in [1.165, 1.54) is 17.0 Å². The number of hydrogen-bond donors (Lipinski definition) is 2. The van der Waals surface area contributed by atoms with E-state index in [-0.39, 0.29) is 55.5 Å². The molecule has 2 aromatic rings. The molecule has 2 N–H and O–H groups in total. The molecule has 1 atom stereocenters. The van der Waals surface area contributed by atoms with Crippen LogP contribution in [0.15, 0.2) is 42.0 Å². The third kappa shape index (κ3) is 5.13. The number of ether oxygens (including phenoxy) is 2. The molecular weight excluding hydrogens is 495 g/mol. The molecule has 5 rings (SSSR count). The van der Waals surface area contributed by atoms with Crippen molar-refractivity contribution in [2.24, 2.45) is 0 Å². The minimum absolute atomic E-state index is 0.0576. The number of imide groups is 1. The molecule has 1 fully saturated rings. The average Bonchev–Trinajstić information content (AvgIpc) is 3.16. The lowest BCUT2D eigenvalue weighted by Crippen LogP contribution is -2.52. The molecule has 1 saturated heterocycles. The third-order valence-corrected chi connectivity index (χ3v) is 6.26. The van der Waals surface area contributed by atoms with Crippen molar-refractivity contribution in [2.75, 3.05) is 6.61 Å². The number of carbonyl (C=O) groups excluding carboxylic acids is 4. The fourth-order valence-electron chi connectivity index (χ4n) is 4.52. The molecule has 3 heterocycles. The molecule has 3 aliphatic rings. The molecule has 0 saturated carbocycles. The zero-order valence-corrected chi connectivity index (χ0v) is 19.2. The van der Waals surface area contributed by atoms with Crippen LogP contribution in [0.25, 0.3) is 6.08 Å². The van der Waals surface area contributed by atoms with Crippen molar-refractivity contribution in [2.45, 2.75) is 38.3 Å². The van der Waals surface area contributed by atoms with Gasteiger partial charge < -0.3 is 19.7 Å². The largest absolute Gasteiger partial charge is 0.573 e. The van der Waals surface area contributed by atoms with E-state index in [0.29, 0.717) is 22.4 Å². The Bertz CT molecular complexity index is 1350. The standard InChI is InChI=1S/C25H20F3N3O6/c26-25(27,28)37-17-2-5-20-14(9-17)8-16(12-36-20)22(33)29-10-13-1-3-18-15(7-13)11-31(24(18)35)19-4-6-21(32)30-23(19)34/h1-3,5,7-9,19H,4,6,10-12H2,(H,29,33)(H,30,32,34). The molecule has 0 bridgehead atoms. The second-order valence-corrected chi connectivity index (χ2v) is 8.78. The van der Waals surface area contributed by atoms with Crippen molar-refractivity contribution in [1.29, 1.82) is 0 Å². The Morgan fingerprint density at radius 3 is 2.73 bits per heavy atom. The van der Waals surface area contributed by atoms with Gasteiger partial charge in [0.05, 0.1) is 5.57 Å². The molecule has 192 valence electrons. The number of rotatable bonds is 5. The van der Waals surface area contributed by atoms with E-state index in [1.54, 1.807) is 18.2 Å². The Hall–Kier alpha value is -4.35. The summed E-state index contributed by atoms with van der Waals surface area (Å²) in [5.41, 5.74) is 2.37. The molecule has 9 nitrogen and oxygen atoms in total. The van der Waals surface area contributed by atoms with Crippen molar-refractivity contribution in [3.8, 4) is 11.5 Å². The van der Waals surface area contributed by atoms with E-state index in [2.05, 4.69) is 15.4 Å². The van der Waals surface area contributed by atoms with Gasteiger partial charge >= 0.3 is 6.36 Å². The number of benzene rings is 2. The molecule has 1 unspecified atom stereocenters. The van der Waals surface area contributed by atoms with Crippen molar-refractivity contribution in [3.63, 3.8) is 0 Å². The Kier molecular flexibility index (Phi) is 6.10. The predicted molar refractivity (Wildman–Crippen MR) is 121 cm³/mol. The molecule has 0 aromatic heterocycles. The number of nitrogens with zero attached hydrogens (tertiary/aromatic N) is 1. The second-order valence-electron chi connectivity index (χ2n) is 8.78. The summed E-state index contributed by atoms with van der Waals surface area (Å²) in [6, 6.07) is 7.97. The minimum atomic E-state index is -4.84. The van der Waals surface area contributed by atoms with Crippen LogP contribution in [0.4, 0.5) is 13.2 Å². The molecule has 3 aliphatic heterocycles. The maximum Gasteiger partial charge on any atom is 0.573 e. The van der Waals surface area contributed by atoms with Crippen LogP contribution in [0.5, 0.6) is 11.5 Å². The van der Waals surface area contributed by atoms with Crippen LogP contribution in [0, 0.1) is 0 Å². The van der Waals surface area contributed by atoms with Crippen molar-refractivity contribution < 1.29 is 41.8 Å². The zero-order valence-electron chi connectivity index (χ0n) is 19.2. The van der Waals surface area contributed by atoms with Gasteiger partial charge in [-0.3, -0.25) is 24.5 Å². The van der Waals surface area contributed by atoms with Gasteiger partial charge in [0.15, 0.2) is 0 Å². The number of fused-ring (bicyclic) bond motifs is 2. The average molecular weight is 515 g/mol. The van der Waals surface area contributed by atoms with E-state index in [9.17, 15) is 32.3 Å². The smallest absolute Gasteiger partial charge is 0.488 e. The number of amides is 4. The maximum absolute atomic E-state index is 12.8. The predicted octanol–water partition coefficient (Wildman–Crippen LogP) is 2.44. The Labute approximate surface area is 208 Å². The number of alkyl halides is 3. The van der Waals surface area contributed by atoms with Crippen LogP contribution >= 0.6 is 0 Å². The van der Waals surface area contributed by atoms with Crippen molar-refractivity contribution in [1.82, 2.24) is 15.5 Å². The highest BCUT2D eigenvalue weighted by molar-refractivity contribution is 6.05. The number of carbonyl (C=O) groups is 4. The highest BCUT2D eigenvalue weighted by Crippen LogP contribution is 2.33. The van der Waals surface area contributed by atoms with Crippen LogP contribution in [0.2, 0.25) is 0 Å². The van der Waals surface area contributed by atoms with Crippen LogP contribution in [-0.2, 0) is 27.5 Å². The molecule has 12 heteroatoms. The lowest BCUT2D eigenvalue weighted by Gasteiger charge is -2.29. The summed E-state index contributed by atoms with van der Waals surface area (Å²) in [7, 11) is 0. The topological polar surface area (TPSA) is 114 Å². The van der Waals surface area contributed by atoms with Gasteiger partial charge in [0, 0.05) is 30.6 Å². The summed E-state index contributed by atoms with van der Waals surface area (Å²) >= 11 is 0. The summed E-state index contributed by atoms with van der Waals surface area (Å²) in [6.45, 7) is 0.276. The van der Waals surface area contributed by atoms with E-state index in [1.807, 2.05) is 0 Å². The van der Waals surface area contributed by atoms with Gasteiger partial charge in [-0.05, 0) is 47.9 Å². The molecule has 2 aromatic carbocycles. The van der Waals surface area contributed by atoms with Crippen LogP contribution < -0.4 is 20.1 Å². The second kappa shape index (κ2) is 9.26. The van der Waals surface area contributed by atoms with Gasteiger partial charge in [0.25, 0.3) is 11.8 Å². The van der Waals surface area contributed by atoms with E-state index in [4.69, 9.17) is 4.74 Å². The Balaban J connectivity index is 1.24. The molecule has 0 radical (unpaired) electrons. The van der Waals surface area contributed by atoms with Crippen LogP contribution in [-0.4, -0.2) is 47.5 Å². The monoisotopic (exact) mass is 515 g/mol. The first-order chi connectivity index (χ1) is 17.6. The fourth-order valence-corrected chi connectivity index (χ4v) is 4.52. The summed E-state index contributed by atoms with van der Waals surface area (Å²) in [6.07, 6.45) is -2.98. The van der Waals surface area contributed by atoms with Crippen molar-refractivity contribution in [3.05, 3.63) is 64.2 Å². The zero-order chi connectivity index (χ0) is 26.3. The molecule has 37 heavy (non-hydrogen) atoms. The van der Waals surface area contributed by atoms with E-state index >= 15 is 0 Å². The number of halogens is 3. The highest BCUT2D eigenvalue weighted by Gasteiger charge is 2.39. The molecule has 4 amide bonds. The van der Waals surface area contributed by atoms with Gasteiger partial charge in [-0.2, -0.15) is 0 Å². The Morgan fingerprint density at radius 1 is 1.16 bits per heavy atom. The fraction of sp³-hybridized carbons (Fsp3) is 0.280. The van der Waals surface area contributed by atoms with E-state index < -0.39 is 30.0 Å². The maximum atomic E-state index is 12.8. The van der Waals surface area contributed by atoms with Gasteiger partial charge in [0.2, 0.25) is 11.8 Å². The van der Waals surface area contributed by atoms with Crippen LogP contribution in [0.1, 0.15) is 39.9 Å². The first-order valence-electron chi connectivity index (χ1n) is 11.4. The normalized spacial score (nSPS) is 18.9. The summed E-state index contributed by atoms with van der Waals surface area (Å²) in [5.74, 6) is -1.71.